The minimum absolute atomic E-state index is 0.0364. The van der Waals surface area contributed by atoms with Crippen molar-refractivity contribution in [2.45, 2.75) is 0 Å². The summed E-state index contributed by atoms with van der Waals surface area (Å²) < 4.78 is 0. The van der Waals surface area contributed by atoms with E-state index in [9.17, 15) is 34.6 Å². The van der Waals surface area contributed by atoms with Gasteiger partial charge in [-0.3, -0.25) is 44.4 Å². The lowest BCUT2D eigenvalue weighted by atomic mass is 10.0. The van der Waals surface area contributed by atoms with Crippen LogP contribution < -0.4 is 9.80 Å². The lowest BCUT2D eigenvalue weighted by molar-refractivity contribution is -0.385. The zero-order valence-corrected chi connectivity index (χ0v) is 30.2. The molecule has 0 bridgehead atoms. The average molecular weight is 765 g/mol. The van der Waals surface area contributed by atoms with Crippen molar-refractivity contribution in [2.75, 3.05) is 9.80 Å². The van der Waals surface area contributed by atoms with E-state index in [1.165, 1.54) is 64.4 Å². The van der Waals surface area contributed by atoms with Crippen LogP contribution in [0.2, 0.25) is 0 Å². The first-order valence-corrected chi connectivity index (χ1v) is 17.8. The maximum atomic E-state index is 14.8. The summed E-state index contributed by atoms with van der Waals surface area (Å²) in [5.74, 6) is -1.21. The van der Waals surface area contributed by atoms with Gasteiger partial charge in [0.05, 0.1) is 21.2 Å². The molecule has 0 fully saturated rings. The molecule has 6 aromatic rings. The predicted octanol–water partition coefficient (Wildman–Crippen LogP) is 8.40. The van der Waals surface area contributed by atoms with Gasteiger partial charge in [0, 0.05) is 46.5 Å². The third-order valence-electron chi connectivity index (χ3n) is 9.31. The van der Waals surface area contributed by atoms with Crippen molar-refractivity contribution in [3.63, 3.8) is 0 Å². The molecular weight excluding hydrogens is 737 g/mol. The van der Waals surface area contributed by atoms with Gasteiger partial charge in [-0.25, -0.2) is 9.98 Å². The average Bonchev–Trinajstić information content (AvgIpc) is 3.75. The van der Waals surface area contributed by atoms with Crippen molar-refractivity contribution < 1.29 is 24.2 Å². The van der Waals surface area contributed by atoms with Gasteiger partial charge in [0.25, 0.3) is 23.2 Å². The fourth-order valence-corrected chi connectivity index (χ4v) is 6.60. The van der Waals surface area contributed by atoms with Gasteiger partial charge in [0.1, 0.15) is 23.1 Å². The van der Waals surface area contributed by atoms with Crippen LogP contribution in [-0.4, -0.2) is 39.1 Å². The van der Waals surface area contributed by atoms with E-state index in [1.807, 2.05) is 0 Å². The Morgan fingerprint density at radius 2 is 0.948 bits per heavy atom. The van der Waals surface area contributed by atoms with E-state index in [4.69, 9.17) is 9.98 Å². The van der Waals surface area contributed by atoms with E-state index in [0.717, 1.165) is 0 Å². The molecule has 2 aliphatic heterocycles. The highest BCUT2D eigenvalue weighted by atomic mass is 16.6. The first-order chi connectivity index (χ1) is 28.2. The van der Waals surface area contributed by atoms with Gasteiger partial charge < -0.3 is 0 Å². The van der Waals surface area contributed by atoms with E-state index >= 15 is 0 Å². The fourth-order valence-electron chi connectivity index (χ4n) is 6.60. The molecule has 0 spiro atoms. The number of nitro benzene ring substituents is 2. The maximum absolute atomic E-state index is 14.8. The van der Waals surface area contributed by atoms with Gasteiger partial charge >= 0.3 is 0 Å². The molecule has 0 N–H and O–H groups in total. The molecule has 6 aromatic carbocycles. The number of ketones is 1. The molecule has 0 saturated heterocycles. The molecule has 0 aliphatic carbocycles. The summed E-state index contributed by atoms with van der Waals surface area (Å²) in [6.45, 7) is 0. The van der Waals surface area contributed by atoms with Gasteiger partial charge in [-0.2, -0.15) is 0 Å². The standard InChI is InChI=1S/C45H28N6O7/c52-41(31-14-4-1-5-15-31)34-22-23-39(48-42(32-16-6-2-7-17-32)46-37(44(48)53)26-29-12-10-20-35(24-29)50(55)56)40(28-34)49-43(33-18-8-3-9-19-33)47-38(45(49)54)27-30-13-11-21-36(25-30)51(57)58/h1-28H/b37-26-,38-27-. The first kappa shape index (κ1) is 36.5. The van der Waals surface area contributed by atoms with Gasteiger partial charge in [0.2, 0.25) is 0 Å². The number of anilines is 2. The molecule has 0 saturated carbocycles. The van der Waals surface area contributed by atoms with Gasteiger partial charge in [-0.15, -0.1) is 0 Å². The van der Waals surface area contributed by atoms with E-state index in [-0.39, 0.29) is 57.2 Å². The Morgan fingerprint density at radius 3 is 1.41 bits per heavy atom. The number of non-ortho nitro benzene ring substituents is 2. The summed E-state index contributed by atoms with van der Waals surface area (Å²) in [7, 11) is 0. The maximum Gasteiger partial charge on any atom is 0.282 e. The van der Waals surface area contributed by atoms with Crippen LogP contribution in [0.4, 0.5) is 22.7 Å². The second-order valence-electron chi connectivity index (χ2n) is 13.0. The van der Waals surface area contributed by atoms with Crippen LogP contribution >= 0.6 is 0 Å². The Morgan fingerprint density at radius 1 is 0.500 bits per heavy atom. The zero-order valence-electron chi connectivity index (χ0n) is 30.2. The summed E-state index contributed by atoms with van der Waals surface area (Å²) in [5.41, 5.74) is 2.25. The monoisotopic (exact) mass is 764 g/mol. The minimum atomic E-state index is -0.631. The second-order valence-corrected chi connectivity index (χ2v) is 13.0. The molecule has 0 radical (unpaired) electrons. The van der Waals surface area contributed by atoms with Crippen LogP contribution in [0.5, 0.6) is 0 Å². The predicted molar refractivity (Wildman–Crippen MR) is 219 cm³/mol. The minimum Gasteiger partial charge on any atom is -0.289 e. The van der Waals surface area contributed by atoms with E-state index in [1.54, 1.807) is 115 Å². The van der Waals surface area contributed by atoms with E-state index in [2.05, 4.69) is 0 Å². The number of amides is 2. The van der Waals surface area contributed by atoms with Crippen molar-refractivity contribution in [3.8, 4) is 0 Å². The summed E-state index contributed by atoms with van der Waals surface area (Å²) in [6, 6.07) is 42.6. The normalized spacial score (nSPS) is 15.2. The molecule has 8 rings (SSSR count). The third kappa shape index (κ3) is 7.09. The molecule has 13 heteroatoms. The highest BCUT2D eigenvalue weighted by Crippen LogP contribution is 2.40. The number of rotatable bonds is 10. The number of hydrogen-bond donors (Lipinski definition) is 0. The molecule has 58 heavy (non-hydrogen) atoms. The van der Waals surface area contributed by atoms with Crippen molar-refractivity contribution in [1.82, 2.24) is 0 Å². The summed E-state index contributed by atoms with van der Waals surface area (Å²) >= 11 is 0. The molecule has 0 aromatic heterocycles. The molecule has 280 valence electrons. The number of nitro groups is 2. The van der Waals surface area contributed by atoms with E-state index < -0.39 is 21.7 Å². The second kappa shape index (κ2) is 15.4. The molecule has 2 heterocycles. The lowest BCUT2D eigenvalue weighted by Gasteiger charge is -2.27. The molecule has 13 nitrogen and oxygen atoms in total. The van der Waals surface area contributed by atoms with Crippen LogP contribution in [-0.2, 0) is 9.59 Å². The van der Waals surface area contributed by atoms with Crippen LogP contribution in [0.1, 0.15) is 38.2 Å². The number of benzene rings is 6. The molecule has 0 atom stereocenters. The Labute approximate surface area is 330 Å². The largest absolute Gasteiger partial charge is 0.289 e. The topological polar surface area (TPSA) is 169 Å². The van der Waals surface area contributed by atoms with Crippen molar-refractivity contribution in [2.24, 2.45) is 9.98 Å². The quantitative estimate of drug-likeness (QED) is 0.0584. The van der Waals surface area contributed by atoms with Crippen molar-refractivity contribution in [1.29, 1.82) is 0 Å². The van der Waals surface area contributed by atoms with Crippen molar-refractivity contribution >= 4 is 64.2 Å². The summed E-state index contributed by atoms with van der Waals surface area (Å²) in [5, 5.41) is 23.2. The number of nitrogens with zero attached hydrogens (tertiary/aromatic N) is 6. The van der Waals surface area contributed by atoms with Gasteiger partial charge in [-0.1, -0.05) is 115 Å². The Balaban J connectivity index is 1.34. The Hall–Kier alpha value is -8.45. The van der Waals surface area contributed by atoms with Gasteiger partial charge in [0.15, 0.2) is 5.78 Å². The third-order valence-corrected chi connectivity index (χ3v) is 9.31. The van der Waals surface area contributed by atoms with Crippen LogP contribution in [0.25, 0.3) is 12.2 Å². The number of amidine groups is 2. The molecular formula is C45H28N6O7. The highest BCUT2D eigenvalue weighted by Gasteiger charge is 2.40. The van der Waals surface area contributed by atoms with E-state index in [0.29, 0.717) is 27.8 Å². The fraction of sp³-hybridized carbons (Fsp3) is 0. The first-order valence-electron chi connectivity index (χ1n) is 17.8. The van der Waals surface area contributed by atoms with Crippen LogP contribution in [0.3, 0.4) is 0 Å². The lowest BCUT2D eigenvalue weighted by Crippen LogP contribution is -2.38. The number of carbonyl (C=O) groups excluding carboxylic acids is 3. The molecule has 2 amide bonds. The Kier molecular flexibility index (Phi) is 9.67. The Bertz CT molecular complexity index is 2800. The molecule has 2 aliphatic rings. The van der Waals surface area contributed by atoms with Crippen LogP contribution in [0, 0.1) is 20.2 Å². The zero-order chi connectivity index (χ0) is 40.3. The number of aliphatic imine (C=N–C) groups is 2. The van der Waals surface area contributed by atoms with Gasteiger partial charge in [-0.05, 0) is 41.5 Å². The SMILES string of the molecule is O=C(c1ccccc1)c1ccc(N2C(=O)/C(=C/c3cccc([N+](=O)[O-])c3)N=C2c2ccccc2)c(N2C(=O)/C(=C/c3cccc([N+](=O)[O-])c3)N=C2c2ccccc2)c1. The number of carbonyl (C=O) groups is 3. The van der Waals surface area contributed by atoms with Crippen molar-refractivity contribution in [3.05, 3.63) is 223 Å². The molecule has 0 unspecified atom stereocenters. The van der Waals surface area contributed by atoms with Crippen LogP contribution in [0.15, 0.2) is 179 Å². The summed E-state index contributed by atoms with van der Waals surface area (Å²) in [4.78, 5) is 77.7. The highest BCUT2D eigenvalue weighted by molar-refractivity contribution is 6.38. The number of hydrogen-bond acceptors (Lipinski definition) is 9. The smallest absolute Gasteiger partial charge is 0.282 e. The summed E-state index contributed by atoms with van der Waals surface area (Å²) in [6.07, 6.45) is 2.89.